The molecule has 0 aromatic heterocycles. The number of Topliss-reactive ketones (excluding diaryl/α,β-unsaturated/α-hetero) is 1. The lowest BCUT2D eigenvalue weighted by Crippen LogP contribution is -2.39. The van der Waals surface area contributed by atoms with Crippen LogP contribution < -0.4 is 9.62 Å². The molecule has 1 N–H and O–H groups in total. The monoisotopic (exact) mass is 404 g/mol. The highest BCUT2D eigenvalue weighted by Gasteiger charge is 2.39. The maximum atomic E-state index is 13.4. The van der Waals surface area contributed by atoms with Gasteiger partial charge < -0.3 is 5.32 Å². The van der Waals surface area contributed by atoms with E-state index in [4.69, 9.17) is 0 Å². The number of anilines is 2. The third-order valence-corrected chi connectivity index (χ3v) is 6.53. The van der Waals surface area contributed by atoms with Gasteiger partial charge in [0.15, 0.2) is 4.91 Å². The summed E-state index contributed by atoms with van der Waals surface area (Å²) in [7, 11) is -4.02. The van der Waals surface area contributed by atoms with Crippen molar-refractivity contribution in [3.8, 4) is 0 Å². The van der Waals surface area contributed by atoms with Gasteiger partial charge >= 0.3 is 0 Å². The van der Waals surface area contributed by atoms with Crippen molar-refractivity contribution in [2.24, 2.45) is 0 Å². The van der Waals surface area contributed by atoms with Crippen molar-refractivity contribution in [3.05, 3.63) is 107 Å². The summed E-state index contributed by atoms with van der Waals surface area (Å²) in [6.07, 6.45) is 1.29. The molecule has 1 aliphatic heterocycles. The number of benzene rings is 3. The molecule has 0 radical (unpaired) electrons. The topological polar surface area (TPSA) is 66.5 Å². The second-order valence-electron chi connectivity index (χ2n) is 6.87. The number of nitrogens with zero attached hydrogens (tertiary/aromatic N) is 1. The third-order valence-electron chi connectivity index (χ3n) is 4.77. The highest BCUT2D eigenvalue weighted by Crippen LogP contribution is 2.36. The van der Waals surface area contributed by atoms with Crippen molar-refractivity contribution in [3.63, 3.8) is 0 Å². The molecule has 4 rings (SSSR count). The van der Waals surface area contributed by atoms with Crippen LogP contribution in [0.1, 0.15) is 21.5 Å². The lowest BCUT2D eigenvalue weighted by molar-refractivity contribution is 0.104. The Balaban J connectivity index is 1.78. The SMILES string of the molecule is Cc1cccc(N/C=C2\C(=O)c3ccccc3N(Cc3ccccc3)S2(=O)=O)c1. The number of para-hydroxylation sites is 1. The summed E-state index contributed by atoms with van der Waals surface area (Å²) < 4.78 is 28.0. The first-order valence-corrected chi connectivity index (χ1v) is 10.6. The van der Waals surface area contributed by atoms with E-state index in [-0.39, 0.29) is 11.4 Å². The van der Waals surface area contributed by atoms with Crippen LogP contribution in [0.15, 0.2) is 90.0 Å². The quantitative estimate of drug-likeness (QED) is 0.651. The van der Waals surface area contributed by atoms with Gasteiger partial charge in [-0.1, -0.05) is 54.6 Å². The molecule has 1 heterocycles. The number of aryl methyl sites for hydroxylation is 1. The van der Waals surface area contributed by atoms with E-state index in [1.54, 1.807) is 24.3 Å². The molecule has 0 amide bonds. The van der Waals surface area contributed by atoms with Crippen LogP contribution in [-0.2, 0) is 16.6 Å². The highest BCUT2D eigenvalue weighted by molar-refractivity contribution is 7.97. The van der Waals surface area contributed by atoms with Crippen LogP contribution in [0.5, 0.6) is 0 Å². The minimum atomic E-state index is -4.02. The summed E-state index contributed by atoms with van der Waals surface area (Å²) in [5.74, 6) is -0.509. The number of carbonyl (C=O) groups is 1. The van der Waals surface area contributed by atoms with Gasteiger partial charge in [0.1, 0.15) is 0 Å². The van der Waals surface area contributed by atoms with Gasteiger partial charge in [-0.15, -0.1) is 0 Å². The second kappa shape index (κ2) is 7.56. The van der Waals surface area contributed by atoms with E-state index < -0.39 is 15.8 Å². The summed E-state index contributed by atoms with van der Waals surface area (Å²) in [6, 6.07) is 23.6. The summed E-state index contributed by atoms with van der Waals surface area (Å²) in [5, 5.41) is 2.97. The zero-order chi connectivity index (χ0) is 20.4. The molecule has 0 bridgehead atoms. The molecule has 146 valence electrons. The number of hydrogen-bond acceptors (Lipinski definition) is 4. The Morgan fingerprint density at radius 3 is 2.41 bits per heavy atom. The molecule has 0 saturated carbocycles. The van der Waals surface area contributed by atoms with Crippen LogP contribution in [0.2, 0.25) is 0 Å². The van der Waals surface area contributed by atoms with Crippen LogP contribution in [0.4, 0.5) is 11.4 Å². The number of nitrogens with one attached hydrogen (secondary N) is 1. The lowest BCUT2D eigenvalue weighted by Gasteiger charge is -2.31. The van der Waals surface area contributed by atoms with Crippen LogP contribution in [-0.4, -0.2) is 14.2 Å². The van der Waals surface area contributed by atoms with E-state index in [1.807, 2.05) is 61.5 Å². The molecule has 6 heteroatoms. The van der Waals surface area contributed by atoms with Gasteiger partial charge in [-0.05, 0) is 42.3 Å². The first kappa shape index (κ1) is 19.0. The second-order valence-corrected chi connectivity index (χ2v) is 8.70. The van der Waals surface area contributed by atoms with E-state index in [0.717, 1.165) is 11.1 Å². The summed E-state index contributed by atoms with van der Waals surface area (Å²) in [6.45, 7) is 2.09. The first-order valence-electron chi connectivity index (χ1n) is 9.20. The normalized spacial score (nSPS) is 16.5. The van der Waals surface area contributed by atoms with Crippen molar-refractivity contribution in [1.82, 2.24) is 0 Å². The maximum Gasteiger partial charge on any atom is 0.270 e. The lowest BCUT2D eigenvalue weighted by atomic mass is 10.1. The minimum Gasteiger partial charge on any atom is -0.360 e. The molecule has 0 spiro atoms. The van der Waals surface area contributed by atoms with Gasteiger partial charge in [0.05, 0.1) is 12.2 Å². The van der Waals surface area contributed by atoms with Gasteiger partial charge in [0, 0.05) is 17.5 Å². The van der Waals surface area contributed by atoms with Gasteiger partial charge in [-0.25, -0.2) is 8.42 Å². The van der Waals surface area contributed by atoms with Crippen molar-refractivity contribution in [2.45, 2.75) is 13.5 Å². The smallest absolute Gasteiger partial charge is 0.270 e. The summed E-state index contributed by atoms with van der Waals surface area (Å²) in [5.41, 5.74) is 3.35. The van der Waals surface area contributed by atoms with Crippen molar-refractivity contribution >= 4 is 27.2 Å². The van der Waals surface area contributed by atoms with E-state index >= 15 is 0 Å². The average Bonchev–Trinajstić information content (AvgIpc) is 2.72. The van der Waals surface area contributed by atoms with Gasteiger partial charge in [0.2, 0.25) is 5.78 Å². The van der Waals surface area contributed by atoms with E-state index in [2.05, 4.69) is 5.32 Å². The Hall–Kier alpha value is -3.38. The fourth-order valence-corrected chi connectivity index (χ4v) is 4.85. The van der Waals surface area contributed by atoms with Crippen LogP contribution in [0.25, 0.3) is 0 Å². The predicted molar refractivity (Wildman–Crippen MR) is 115 cm³/mol. The number of allylic oxidation sites excluding steroid dienone is 1. The zero-order valence-electron chi connectivity index (χ0n) is 15.9. The Morgan fingerprint density at radius 1 is 0.931 bits per heavy atom. The predicted octanol–water partition coefficient (Wildman–Crippen LogP) is 4.48. The average molecular weight is 404 g/mol. The standard InChI is InChI=1S/C23H20N2O3S/c1-17-8-7-11-19(14-17)24-15-22-23(26)20-12-5-6-13-21(20)25(29(22,27)28)16-18-9-3-2-4-10-18/h2-15,24H,16H2,1H3/b22-15+. The Kier molecular flexibility index (Phi) is 4.94. The van der Waals surface area contributed by atoms with Crippen LogP contribution in [0.3, 0.4) is 0 Å². The van der Waals surface area contributed by atoms with E-state index in [1.165, 1.54) is 10.5 Å². The first-order chi connectivity index (χ1) is 14.0. The molecule has 0 saturated heterocycles. The van der Waals surface area contributed by atoms with Crippen LogP contribution >= 0.6 is 0 Å². The number of rotatable bonds is 4. The highest BCUT2D eigenvalue weighted by atomic mass is 32.2. The third kappa shape index (κ3) is 3.67. The molecule has 0 unspecified atom stereocenters. The number of sulfonamides is 1. The molecule has 0 atom stereocenters. The van der Waals surface area contributed by atoms with Crippen molar-refractivity contribution < 1.29 is 13.2 Å². The van der Waals surface area contributed by atoms with Gasteiger partial charge in [0.25, 0.3) is 10.0 Å². The molecular weight excluding hydrogens is 384 g/mol. The van der Waals surface area contributed by atoms with Gasteiger partial charge in [-0.3, -0.25) is 9.10 Å². The summed E-state index contributed by atoms with van der Waals surface area (Å²) in [4.78, 5) is 12.7. The van der Waals surface area contributed by atoms with E-state index in [0.29, 0.717) is 16.9 Å². The Morgan fingerprint density at radius 2 is 1.66 bits per heavy atom. The largest absolute Gasteiger partial charge is 0.360 e. The zero-order valence-corrected chi connectivity index (χ0v) is 16.7. The Bertz CT molecular complexity index is 1200. The molecule has 0 aliphatic carbocycles. The van der Waals surface area contributed by atoms with Crippen molar-refractivity contribution in [1.29, 1.82) is 0 Å². The minimum absolute atomic E-state index is 0.148. The molecule has 3 aromatic carbocycles. The summed E-state index contributed by atoms with van der Waals surface area (Å²) >= 11 is 0. The fraction of sp³-hybridized carbons (Fsp3) is 0.0870. The molecule has 5 nitrogen and oxygen atoms in total. The molecule has 0 fully saturated rings. The molecule has 3 aromatic rings. The Labute approximate surface area is 170 Å². The fourth-order valence-electron chi connectivity index (χ4n) is 3.32. The molecule has 1 aliphatic rings. The van der Waals surface area contributed by atoms with Crippen molar-refractivity contribution in [2.75, 3.05) is 9.62 Å². The van der Waals surface area contributed by atoms with Crippen LogP contribution in [0, 0.1) is 6.92 Å². The molecule has 29 heavy (non-hydrogen) atoms. The maximum absolute atomic E-state index is 13.4. The number of fused-ring (bicyclic) bond motifs is 1. The number of ketones is 1. The molecular formula is C23H20N2O3S. The van der Waals surface area contributed by atoms with Gasteiger partial charge in [-0.2, -0.15) is 0 Å². The number of carbonyl (C=O) groups excluding carboxylic acids is 1. The number of hydrogen-bond donors (Lipinski definition) is 1. The van der Waals surface area contributed by atoms with E-state index in [9.17, 15) is 13.2 Å².